The van der Waals surface area contributed by atoms with Crippen LogP contribution in [-0.4, -0.2) is 63.5 Å². The molecule has 0 aromatic heterocycles. The predicted molar refractivity (Wildman–Crippen MR) is 43.0 cm³/mol. The van der Waals surface area contributed by atoms with Crippen LogP contribution >= 0.6 is 0 Å². The molecule has 1 saturated heterocycles. The van der Waals surface area contributed by atoms with Gasteiger partial charge in [0.25, 0.3) is 0 Å². The Hall–Kier alpha value is -0.730. The van der Waals surface area contributed by atoms with E-state index in [1.165, 1.54) is 0 Å². The summed E-state index contributed by atoms with van der Waals surface area (Å²) in [5.41, 5.74) is 4.88. The van der Waals surface area contributed by atoms with E-state index < -0.39 is 43.0 Å². The number of rotatable bonds is 2. The van der Waals surface area contributed by atoms with Crippen LogP contribution in [0, 0.1) is 0 Å². The van der Waals surface area contributed by atoms with Crippen LogP contribution in [0.25, 0.3) is 0 Å². The molecule has 82 valence electrons. The zero-order valence-electron chi connectivity index (χ0n) is 7.28. The van der Waals surface area contributed by atoms with Crippen molar-refractivity contribution in [3.63, 3.8) is 0 Å². The molecule has 1 heterocycles. The van der Waals surface area contributed by atoms with Gasteiger partial charge in [-0.25, -0.2) is 0 Å². The maximum Gasteiger partial charge on any atom is 0.249 e. The van der Waals surface area contributed by atoms with Gasteiger partial charge in [-0.2, -0.15) is 0 Å². The minimum absolute atomic E-state index is 0.575. The monoisotopic (exact) mass is 207 g/mol. The number of amides is 1. The van der Waals surface area contributed by atoms with Crippen molar-refractivity contribution in [1.29, 1.82) is 0 Å². The third kappa shape index (κ3) is 1.86. The highest BCUT2D eigenvalue weighted by atomic mass is 16.5. The van der Waals surface area contributed by atoms with E-state index in [1.54, 1.807) is 0 Å². The Morgan fingerprint density at radius 1 is 1.21 bits per heavy atom. The summed E-state index contributed by atoms with van der Waals surface area (Å²) in [6.45, 7) is -0.575. The molecule has 0 aromatic rings. The molecule has 1 aliphatic rings. The van der Waals surface area contributed by atoms with Gasteiger partial charge in [0.15, 0.2) is 6.10 Å². The first kappa shape index (κ1) is 11.3. The van der Waals surface area contributed by atoms with Crippen LogP contribution in [-0.2, 0) is 9.53 Å². The fourth-order valence-corrected chi connectivity index (χ4v) is 1.34. The molecule has 1 aliphatic heterocycles. The molecule has 5 atom stereocenters. The summed E-state index contributed by atoms with van der Waals surface area (Å²) in [6, 6.07) is 0. The summed E-state index contributed by atoms with van der Waals surface area (Å²) in [4.78, 5) is 10.7. The third-order valence-electron chi connectivity index (χ3n) is 2.17. The Balaban J connectivity index is 2.78. The van der Waals surface area contributed by atoms with Crippen molar-refractivity contribution in [1.82, 2.24) is 0 Å². The zero-order valence-corrected chi connectivity index (χ0v) is 7.28. The Morgan fingerprint density at radius 3 is 2.21 bits per heavy atom. The van der Waals surface area contributed by atoms with Gasteiger partial charge in [-0.1, -0.05) is 0 Å². The number of ether oxygens (including phenoxy) is 1. The number of nitrogens with two attached hydrogens (primary N) is 1. The van der Waals surface area contributed by atoms with Crippen LogP contribution in [0.5, 0.6) is 0 Å². The van der Waals surface area contributed by atoms with Crippen LogP contribution in [0.3, 0.4) is 0 Å². The number of hydrogen-bond donors (Lipinski definition) is 5. The molecule has 0 aliphatic carbocycles. The van der Waals surface area contributed by atoms with E-state index in [9.17, 15) is 20.1 Å². The van der Waals surface area contributed by atoms with Gasteiger partial charge in [0.2, 0.25) is 5.91 Å². The molecule has 1 amide bonds. The zero-order chi connectivity index (χ0) is 10.9. The van der Waals surface area contributed by atoms with Gasteiger partial charge in [-0.05, 0) is 0 Å². The van der Waals surface area contributed by atoms with Crippen molar-refractivity contribution in [3.8, 4) is 0 Å². The lowest BCUT2D eigenvalue weighted by atomic mass is 9.95. The van der Waals surface area contributed by atoms with Crippen molar-refractivity contribution in [3.05, 3.63) is 0 Å². The van der Waals surface area contributed by atoms with E-state index in [2.05, 4.69) is 0 Å². The first-order chi connectivity index (χ1) is 6.49. The van der Waals surface area contributed by atoms with Gasteiger partial charge < -0.3 is 30.9 Å². The van der Waals surface area contributed by atoms with Crippen molar-refractivity contribution in [2.24, 2.45) is 5.73 Å². The lowest BCUT2D eigenvalue weighted by Crippen LogP contribution is -2.61. The van der Waals surface area contributed by atoms with Crippen LogP contribution in [0.4, 0.5) is 0 Å². The quantitative estimate of drug-likeness (QED) is 0.316. The van der Waals surface area contributed by atoms with Crippen LogP contribution in [0.1, 0.15) is 0 Å². The molecule has 1 rings (SSSR count). The molecule has 0 saturated carbocycles. The number of primary amides is 1. The van der Waals surface area contributed by atoms with E-state index in [0.717, 1.165) is 0 Å². The summed E-state index contributed by atoms with van der Waals surface area (Å²) in [7, 11) is 0. The largest absolute Gasteiger partial charge is 0.394 e. The Labute approximate surface area is 79.7 Å². The second-order valence-electron chi connectivity index (χ2n) is 3.15. The highest BCUT2D eigenvalue weighted by molar-refractivity contribution is 5.79. The van der Waals surface area contributed by atoms with Crippen molar-refractivity contribution >= 4 is 5.91 Å². The average molecular weight is 207 g/mol. The van der Waals surface area contributed by atoms with Gasteiger partial charge >= 0.3 is 0 Å². The molecule has 0 aromatic carbocycles. The number of aliphatic hydroxyl groups is 4. The van der Waals surface area contributed by atoms with Gasteiger partial charge in [-0.3, -0.25) is 4.79 Å². The van der Waals surface area contributed by atoms with Crippen molar-refractivity contribution < 1.29 is 30.0 Å². The van der Waals surface area contributed by atoms with Gasteiger partial charge in [-0.15, -0.1) is 0 Å². The molecule has 7 heteroatoms. The third-order valence-corrected chi connectivity index (χ3v) is 2.17. The topological polar surface area (TPSA) is 133 Å². The van der Waals surface area contributed by atoms with Crippen LogP contribution < -0.4 is 5.73 Å². The SMILES string of the molecule is NC(=O)[C@H]1O[C@H](CO)[C@@H](O)[C@H](O)[C@H]1O. The van der Waals surface area contributed by atoms with Gasteiger partial charge in [0.1, 0.15) is 24.4 Å². The van der Waals surface area contributed by atoms with Gasteiger partial charge in [0.05, 0.1) is 6.61 Å². The molecule has 0 radical (unpaired) electrons. The Morgan fingerprint density at radius 2 is 1.79 bits per heavy atom. The minimum Gasteiger partial charge on any atom is -0.394 e. The number of carbonyl (C=O) groups excluding carboxylic acids is 1. The second kappa shape index (κ2) is 4.20. The summed E-state index contributed by atoms with van der Waals surface area (Å²) in [5, 5.41) is 36.5. The number of carbonyl (C=O) groups is 1. The summed E-state index contributed by atoms with van der Waals surface area (Å²) in [5.74, 6) is -0.957. The molecule has 0 bridgehead atoms. The van der Waals surface area contributed by atoms with Crippen molar-refractivity contribution in [2.45, 2.75) is 30.5 Å². The number of hydrogen-bond acceptors (Lipinski definition) is 6. The maximum atomic E-state index is 10.7. The first-order valence-electron chi connectivity index (χ1n) is 4.09. The Kier molecular flexibility index (Phi) is 3.40. The van der Waals surface area contributed by atoms with Crippen LogP contribution in [0.2, 0.25) is 0 Å². The minimum atomic E-state index is -1.58. The lowest BCUT2D eigenvalue weighted by molar-refractivity contribution is -0.225. The normalized spacial score (nSPS) is 43.6. The summed E-state index contributed by atoms with van der Waals surface area (Å²) in [6.07, 6.45) is -7.11. The molecule has 14 heavy (non-hydrogen) atoms. The lowest BCUT2D eigenvalue weighted by Gasteiger charge is -2.38. The summed E-state index contributed by atoms with van der Waals surface area (Å²) < 4.78 is 4.81. The Bertz CT molecular complexity index is 220. The smallest absolute Gasteiger partial charge is 0.249 e. The fraction of sp³-hybridized carbons (Fsp3) is 0.857. The molecule has 0 spiro atoms. The van der Waals surface area contributed by atoms with Crippen molar-refractivity contribution in [2.75, 3.05) is 6.61 Å². The number of aliphatic hydroxyl groups excluding tert-OH is 4. The fourth-order valence-electron chi connectivity index (χ4n) is 1.34. The van der Waals surface area contributed by atoms with E-state index in [-0.39, 0.29) is 0 Å². The molecule has 7 nitrogen and oxygen atoms in total. The standard InChI is InChI=1S/C7H13NO6/c8-7(13)6-5(12)4(11)3(10)2(1-9)14-6/h2-6,9-12H,1H2,(H2,8,13)/t2-,3-,4+,5-,6+/m1/s1. The average Bonchev–Trinajstić information content (AvgIpc) is 2.14. The molecule has 1 fully saturated rings. The maximum absolute atomic E-state index is 10.7. The molecule has 0 unspecified atom stereocenters. The second-order valence-corrected chi connectivity index (χ2v) is 3.15. The van der Waals surface area contributed by atoms with E-state index >= 15 is 0 Å². The predicted octanol–water partition coefficient (Wildman–Crippen LogP) is -3.69. The van der Waals surface area contributed by atoms with E-state index in [4.69, 9.17) is 15.6 Å². The van der Waals surface area contributed by atoms with E-state index in [0.29, 0.717) is 0 Å². The molecular weight excluding hydrogens is 194 g/mol. The highest BCUT2D eigenvalue weighted by Crippen LogP contribution is 2.20. The van der Waals surface area contributed by atoms with Gasteiger partial charge in [0, 0.05) is 0 Å². The first-order valence-corrected chi connectivity index (χ1v) is 4.09. The highest BCUT2D eigenvalue weighted by Gasteiger charge is 2.45. The van der Waals surface area contributed by atoms with Crippen LogP contribution in [0.15, 0.2) is 0 Å². The molecular formula is C7H13NO6. The molecule has 6 N–H and O–H groups in total. The van der Waals surface area contributed by atoms with E-state index in [1.807, 2.05) is 0 Å². The summed E-state index contributed by atoms with van der Waals surface area (Å²) >= 11 is 0.